The number of amides is 1. The summed E-state index contributed by atoms with van der Waals surface area (Å²) >= 11 is 0. The van der Waals surface area contributed by atoms with Crippen molar-refractivity contribution in [3.63, 3.8) is 0 Å². The van der Waals surface area contributed by atoms with Crippen LogP contribution in [-0.4, -0.2) is 39.2 Å². The van der Waals surface area contributed by atoms with Crippen LogP contribution in [0.3, 0.4) is 0 Å². The van der Waals surface area contributed by atoms with Crippen LogP contribution in [0.5, 0.6) is 0 Å². The van der Waals surface area contributed by atoms with Gasteiger partial charge in [-0.2, -0.15) is 0 Å². The number of hydrogen-bond donors (Lipinski definition) is 4. The largest absolute Gasteiger partial charge is 0.479 e. The van der Waals surface area contributed by atoms with Crippen LogP contribution in [0.2, 0.25) is 0 Å². The van der Waals surface area contributed by atoms with Gasteiger partial charge in [-0.3, -0.25) is 9.59 Å². The number of aliphatic carboxylic acids is 1. The molecule has 7 nitrogen and oxygen atoms in total. The summed E-state index contributed by atoms with van der Waals surface area (Å²) in [5.41, 5.74) is -2.49. The Balaban J connectivity index is 2.24. The Bertz CT molecular complexity index is 763. The second kappa shape index (κ2) is 5.37. The normalized spacial score (nSPS) is 13.6. The highest BCUT2D eigenvalue weighted by Gasteiger charge is 2.30. The first-order chi connectivity index (χ1) is 9.81. The number of benzene rings is 1. The molecule has 0 aliphatic heterocycles. The lowest BCUT2D eigenvalue weighted by atomic mass is 10.1. The molecule has 1 atom stereocenters. The van der Waals surface area contributed by atoms with Crippen LogP contribution in [0, 0.1) is 0 Å². The van der Waals surface area contributed by atoms with E-state index in [1.54, 1.807) is 24.3 Å². The Labute approximate surface area is 119 Å². The minimum Gasteiger partial charge on any atom is -0.479 e. The predicted molar refractivity (Wildman–Crippen MR) is 75.2 cm³/mol. The molecule has 1 aromatic carbocycles. The van der Waals surface area contributed by atoms with Gasteiger partial charge < -0.3 is 20.5 Å². The lowest BCUT2D eigenvalue weighted by molar-refractivity contribution is -0.155. The molecule has 1 unspecified atom stereocenters. The van der Waals surface area contributed by atoms with Gasteiger partial charge in [0.15, 0.2) is 5.60 Å². The van der Waals surface area contributed by atoms with Crippen LogP contribution in [0.4, 0.5) is 0 Å². The van der Waals surface area contributed by atoms with E-state index in [4.69, 9.17) is 5.11 Å². The van der Waals surface area contributed by atoms with E-state index < -0.39 is 29.6 Å². The number of aromatic amines is 1. The summed E-state index contributed by atoms with van der Waals surface area (Å²) in [5, 5.41) is 21.6. The Kier molecular flexibility index (Phi) is 3.77. The summed E-state index contributed by atoms with van der Waals surface area (Å²) in [7, 11) is 0. The van der Waals surface area contributed by atoms with E-state index in [1.165, 1.54) is 6.07 Å². The van der Waals surface area contributed by atoms with Gasteiger partial charge in [-0.25, -0.2) is 4.79 Å². The van der Waals surface area contributed by atoms with E-state index in [0.29, 0.717) is 10.8 Å². The maximum Gasteiger partial charge on any atom is 0.337 e. The number of carboxylic acid groups (broad SMARTS) is 1. The Morgan fingerprint density at radius 1 is 1.33 bits per heavy atom. The highest BCUT2D eigenvalue weighted by Crippen LogP contribution is 2.10. The Morgan fingerprint density at radius 3 is 2.67 bits per heavy atom. The van der Waals surface area contributed by atoms with E-state index in [-0.39, 0.29) is 5.69 Å². The van der Waals surface area contributed by atoms with Crippen LogP contribution < -0.4 is 10.9 Å². The zero-order valence-electron chi connectivity index (χ0n) is 11.2. The average Bonchev–Trinajstić information content (AvgIpc) is 2.44. The average molecular weight is 290 g/mol. The van der Waals surface area contributed by atoms with Gasteiger partial charge in [-0.1, -0.05) is 18.2 Å². The van der Waals surface area contributed by atoms with Crippen LogP contribution in [0.1, 0.15) is 17.4 Å². The minimum atomic E-state index is -2.08. The number of carbonyl (C=O) groups excluding carboxylic acids is 1. The lowest BCUT2D eigenvalue weighted by Crippen LogP contribution is -2.46. The maximum atomic E-state index is 11.9. The number of rotatable bonds is 4. The molecule has 0 saturated carbocycles. The number of fused-ring (bicyclic) bond motifs is 1. The second-order valence-electron chi connectivity index (χ2n) is 4.86. The summed E-state index contributed by atoms with van der Waals surface area (Å²) in [5.74, 6) is -2.12. The summed E-state index contributed by atoms with van der Waals surface area (Å²) in [6.45, 7) is 0.592. The monoisotopic (exact) mass is 290 g/mol. The molecule has 21 heavy (non-hydrogen) atoms. The van der Waals surface area contributed by atoms with Crippen molar-refractivity contribution in [1.29, 1.82) is 0 Å². The van der Waals surface area contributed by atoms with Gasteiger partial charge in [0.2, 0.25) is 0 Å². The third-order valence-electron chi connectivity index (χ3n) is 3.05. The summed E-state index contributed by atoms with van der Waals surface area (Å²) in [6, 6.07) is 8.25. The molecule has 0 bridgehead atoms. The van der Waals surface area contributed by atoms with E-state index in [0.717, 1.165) is 6.92 Å². The zero-order valence-corrected chi connectivity index (χ0v) is 11.2. The van der Waals surface area contributed by atoms with Gasteiger partial charge in [0.05, 0.1) is 6.54 Å². The quantitative estimate of drug-likeness (QED) is 0.636. The van der Waals surface area contributed by atoms with Crippen LogP contribution in [-0.2, 0) is 4.79 Å². The first-order valence-electron chi connectivity index (χ1n) is 6.17. The first-order valence-corrected chi connectivity index (χ1v) is 6.17. The minimum absolute atomic E-state index is 0.000103. The summed E-state index contributed by atoms with van der Waals surface area (Å²) in [6.07, 6.45) is 0. The van der Waals surface area contributed by atoms with Crippen LogP contribution in [0.15, 0.2) is 35.1 Å². The number of H-pyrrole nitrogens is 1. The predicted octanol–water partition coefficient (Wildman–Crippen LogP) is 0.0935. The van der Waals surface area contributed by atoms with E-state index in [2.05, 4.69) is 10.3 Å². The first kappa shape index (κ1) is 14.7. The van der Waals surface area contributed by atoms with Crippen molar-refractivity contribution in [3.8, 4) is 0 Å². The number of carbonyl (C=O) groups is 2. The third kappa shape index (κ3) is 3.09. The highest BCUT2D eigenvalue weighted by molar-refractivity contribution is 5.96. The second-order valence-corrected chi connectivity index (χ2v) is 4.86. The highest BCUT2D eigenvalue weighted by atomic mass is 16.4. The van der Waals surface area contributed by atoms with Crippen LogP contribution in [0.25, 0.3) is 10.8 Å². The number of carboxylic acids is 1. The fourth-order valence-electron chi connectivity index (χ4n) is 1.76. The topological polar surface area (TPSA) is 119 Å². The molecule has 110 valence electrons. The number of hydrogen-bond acceptors (Lipinski definition) is 4. The standard InChI is InChI=1S/C14H14N2O5/c1-14(21,13(19)20)7-15-12(18)10-6-8-4-2-3-5-9(8)11(17)16-10/h2-6,21H,7H2,1H3,(H,15,18)(H,16,17)(H,19,20). The van der Waals surface area contributed by atoms with Gasteiger partial charge in [0.25, 0.3) is 11.5 Å². The molecule has 0 spiro atoms. The molecule has 1 heterocycles. The molecule has 1 amide bonds. The third-order valence-corrected chi connectivity index (χ3v) is 3.05. The molecule has 4 N–H and O–H groups in total. The zero-order chi connectivity index (χ0) is 15.6. The number of aliphatic hydroxyl groups is 1. The van der Waals surface area contributed by atoms with Gasteiger partial charge in [0.1, 0.15) is 5.69 Å². The van der Waals surface area contributed by atoms with Gasteiger partial charge >= 0.3 is 5.97 Å². The van der Waals surface area contributed by atoms with E-state index in [1.807, 2.05) is 0 Å². The Hall–Kier alpha value is -2.67. The molecule has 0 fully saturated rings. The SMILES string of the molecule is CC(O)(CNC(=O)c1cc2ccccc2c(=O)[nH]1)C(=O)O. The van der Waals surface area contributed by atoms with Gasteiger partial charge in [0, 0.05) is 5.39 Å². The lowest BCUT2D eigenvalue weighted by Gasteiger charge is -2.18. The molecular weight excluding hydrogens is 276 g/mol. The van der Waals surface area contributed by atoms with Crippen molar-refractivity contribution in [2.45, 2.75) is 12.5 Å². The molecule has 0 aliphatic carbocycles. The number of pyridine rings is 1. The molecule has 1 aromatic heterocycles. The van der Waals surface area contributed by atoms with Crippen molar-refractivity contribution in [2.75, 3.05) is 6.54 Å². The smallest absolute Gasteiger partial charge is 0.337 e. The summed E-state index contributed by atoms with van der Waals surface area (Å²) < 4.78 is 0. The van der Waals surface area contributed by atoms with E-state index >= 15 is 0 Å². The van der Waals surface area contributed by atoms with Crippen molar-refractivity contribution < 1.29 is 19.8 Å². The van der Waals surface area contributed by atoms with Crippen molar-refractivity contribution in [1.82, 2.24) is 10.3 Å². The maximum absolute atomic E-state index is 11.9. The fourth-order valence-corrected chi connectivity index (χ4v) is 1.76. The Morgan fingerprint density at radius 2 is 2.00 bits per heavy atom. The van der Waals surface area contributed by atoms with Gasteiger partial charge in [-0.15, -0.1) is 0 Å². The molecule has 2 aromatic rings. The number of nitrogens with one attached hydrogen (secondary N) is 2. The van der Waals surface area contributed by atoms with Crippen molar-refractivity contribution >= 4 is 22.6 Å². The number of aromatic nitrogens is 1. The van der Waals surface area contributed by atoms with Crippen molar-refractivity contribution in [3.05, 3.63) is 46.4 Å². The fraction of sp³-hybridized carbons (Fsp3) is 0.214. The van der Waals surface area contributed by atoms with Crippen LogP contribution >= 0.6 is 0 Å². The molecule has 0 aliphatic rings. The molecule has 0 radical (unpaired) electrons. The molecular formula is C14H14N2O5. The van der Waals surface area contributed by atoms with Gasteiger partial charge in [-0.05, 0) is 24.4 Å². The summed E-state index contributed by atoms with van der Waals surface area (Å²) in [4.78, 5) is 36.9. The molecule has 2 rings (SSSR count). The van der Waals surface area contributed by atoms with E-state index in [9.17, 15) is 19.5 Å². The van der Waals surface area contributed by atoms with Crippen molar-refractivity contribution in [2.24, 2.45) is 0 Å². The molecule has 0 saturated heterocycles. The molecule has 7 heteroatoms.